The summed E-state index contributed by atoms with van der Waals surface area (Å²) in [5.41, 5.74) is 8.57. The second kappa shape index (κ2) is 6.92. The normalized spacial score (nSPS) is 10.1. The molecule has 0 saturated heterocycles. The van der Waals surface area contributed by atoms with Gasteiger partial charge >= 0.3 is 6.36 Å². The molecule has 0 N–H and O–H groups in total. The van der Waals surface area contributed by atoms with Gasteiger partial charge in [-0.15, -0.1) is 13.2 Å². The Kier molecular flexibility index (Phi) is 5.55. The van der Waals surface area contributed by atoms with Crippen LogP contribution in [0.5, 0.6) is 5.75 Å². The van der Waals surface area contributed by atoms with Crippen molar-refractivity contribution in [2.75, 3.05) is 6.54 Å². The highest BCUT2D eigenvalue weighted by atomic mass is 79.9. The number of hydrogen-bond acceptors (Lipinski definition) is 2. The number of nitrogens with zero attached hydrogens (tertiary/aromatic N) is 3. The van der Waals surface area contributed by atoms with E-state index in [1.165, 1.54) is 18.2 Å². The molecule has 4 nitrogen and oxygen atoms in total. The smallest absolute Gasteiger partial charge is 0.406 e. The molecule has 0 bridgehead atoms. The molecule has 0 fully saturated rings. The number of halogens is 4. The highest BCUT2D eigenvalue weighted by molar-refractivity contribution is 9.10. The minimum atomic E-state index is -4.72. The quantitative estimate of drug-likeness (QED) is 0.266. The predicted molar refractivity (Wildman–Crippen MR) is 66.3 cm³/mol. The summed E-state index contributed by atoms with van der Waals surface area (Å²) in [5.74, 6) is 5.16. The molecule has 0 aromatic heterocycles. The van der Waals surface area contributed by atoms with E-state index in [-0.39, 0.29) is 12.3 Å². The van der Waals surface area contributed by atoms with Gasteiger partial charge in [0.25, 0.3) is 0 Å². The van der Waals surface area contributed by atoms with Crippen molar-refractivity contribution >= 4 is 15.9 Å². The van der Waals surface area contributed by atoms with E-state index in [1.807, 2.05) is 0 Å². The fourth-order valence-corrected chi connectivity index (χ4v) is 1.56. The van der Waals surface area contributed by atoms with E-state index in [2.05, 4.69) is 42.5 Å². The zero-order valence-corrected chi connectivity index (χ0v) is 11.0. The number of benzene rings is 1. The van der Waals surface area contributed by atoms with Gasteiger partial charge < -0.3 is 4.74 Å². The lowest BCUT2D eigenvalue weighted by atomic mass is 10.2. The van der Waals surface area contributed by atoms with Crippen LogP contribution in [0.3, 0.4) is 0 Å². The van der Waals surface area contributed by atoms with Gasteiger partial charge in [0.15, 0.2) is 0 Å². The third kappa shape index (κ3) is 6.04. The minimum absolute atomic E-state index is 0.246. The average molecular weight is 334 g/mol. The van der Waals surface area contributed by atoms with Gasteiger partial charge in [-0.05, 0) is 39.7 Å². The van der Waals surface area contributed by atoms with Gasteiger partial charge in [0.05, 0.1) is 0 Å². The number of azide groups is 1. The van der Waals surface area contributed by atoms with E-state index in [0.29, 0.717) is 16.5 Å². The summed E-state index contributed by atoms with van der Waals surface area (Å²) in [4.78, 5) is 2.57. The number of alkyl halides is 3. The Morgan fingerprint density at radius 3 is 2.74 bits per heavy atom. The fraction of sp³-hybridized carbons (Fsp3) is 0.273. The minimum Gasteiger partial charge on any atom is -0.406 e. The molecule has 19 heavy (non-hydrogen) atoms. The van der Waals surface area contributed by atoms with E-state index in [9.17, 15) is 13.2 Å². The molecule has 0 amide bonds. The molecule has 100 valence electrons. The maximum absolute atomic E-state index is 12.0. The van der Waals surface area contributed by atoms with Gasteiger partial charge in [-0.1, -0.05) is 17.0 Å². The van der Waals surface area contributed by atoms with Crippen LogP contribution < -0.4 is 4.74 Å². The second-order valence-corrected chi connectivity index (χ2v) is 4.05. The lowest BCUT2D eigenvalue weighted by Crippen LogP contribution is -2.17. The second-order valence-electron chi connectivity index (χ2n) is 3.20. The summed E-state index contributed by atoms with van der Waals surface area (Å²) in [7, 11) is 0. The first-order chi connectivity index (χ1) is 8.92. The third-order valence-corrected chi connectivity index (χ3v) is 2.45. The molecule has 1 rings (SSSR count). The number of ether oxygens (including phenoxy) is 1. The van der Waals surface area contributed by atoms with Crippen LogP contribution in [0.1, 0.15) is 12.0 Å². The number of hydrogen-bond donors (Lipinski definition) is 0. The van der Waals surface area contributed by atoms with Gasteiger partial charge in [-0.2, -0.15) is 0 Å². The van der Waals surface area contributed by atoms with Crippen molar-refractivity contribution in [3.63, 3.8) is 0 Å². The van der Waals surface area contributed by atoms with Crippen LogP contribution in [0.15, 0.2) is 27.8 Å². The Bertz CT molecular complexity index is 557. The monoisotopic (exact) mass is 333 g/mol. The summed E-state index contributed by atoms with van der Waals surface area (Å²) in [6.07, 6.45) is -4.35. The van der Waals surface area contributed by atoms with Crippen molar-refractivity contribution in [1.82, 2.24) is 0 Å². The molecule has 1 aromatic rings. The Morgan fingerprint density at radius 2 is 2.16 bits per heavy atom. The molecular formula is C11H7BrF3N3O. The summed E-state index contributed by atoms with van der Waals surface area (Å²) in [6.45, 7) is 0.246. The molecule has 1 aromatic carbocycles. The predicted octanol–water partition coefficient (Wildman–Crippen LogP) is 4.40. The lowest BCUT2D eigenvalue weighted by Gasteiger charge is -2.09. The zero-order valence-electron chi connectivity index (χ0n) is 9.41. The summed E-state index contributed by atoms with van der Waals surface area (Å²) in [6, 6.07) is 3.77. The van der Waals surface area contributed by atoms with E-state index < -0.39 is 6.36 Å². The first kappa shape index (κ1) is 15.2. The Labute approximate surface area is 115 Å². The molecule has 0 aliphatic heterocycles. The van der Waals surface area contributed by atoms with Gasteiger partial charge in [0.1, 0.15) is 5.75 Å². The van der Waals surface area contributed by atoms with Crippen molar-refractivity contribution in [3.8, 4) is 17.6 Å². The van der Waals surface area contributed by atoms with Gasteiger partial charge in [0, 0.05) is 27.9 Å². The van der Waals surface area contributed by atoms with Crippen LogP contribution in [-0.4, -0.2) is 12.9 Å². The van der Waals surface area contributed by atoms with Crippen LogP contribution in [0.4, 0.5) is 13.2 Å². The molecule has 0 radical (unpaired) electrons. The summed E-state index contributed by atoms with van der Waals surface area (Å²) >= 11 is 3.11. The van der Waals surface area contributed by atoms with Crippen LogP contribution in [-0.2, 0) is 0 Å². The van der Waals surface area contributed by atoms with Gasteiger partial charge in [-0.3, -0.25) is 0 Å². The van der Waals surface area contributed by atoms with Crippen molar-refractivity contribution in [1.29, 1.82) is 0 Å². The molecule has 0 aliphatic carbocycles. The summed E-state index contributed by atoms with van der Waals surface area (Å²) in [5, 5.41) is 3.30. The Hall–Kier alpha value is -1.84. The molecule has 0 aliphatic rings. The highest BCUT2D eigenvalue weighted by Crippen LogP contribution is 2.27. The molecule has 0 atom stereocenters. The van der Waals surface area contributed by atoms with Crippen LogP contribution in [0, 0.1) is 11.8 Å². The zero-order chi connectivity index (χ0) is 14.3. The Morgan fingerprint density at radius 1 is 1.42 bits per heavy atom. The largest absolute Gasteiger partial charge is 0.573 e. The first-order valence-electron chi connectivity index (χ1n) is 4.97. The van der Waals surface area contributed by atoms with Crippen molar-refractivity contribution in [2.24, 2.45) is 5.11 Å². The molecule has 0 heterocycles. The maximum atomic E-state index is 12.0. The average Bonchev–Trinajstić information content (AvgIpc) is 2.29. The SMILES string of the molecule is [N-]=[N+]=NCCC#Cc1ccc(OC(F)(F)F)cc1Br. The van der Waals surface area contributed by atoms with Crippen LogP contribution >= 0.6 is 15.9 Å². The first-order valence-corrected chi connectivity index (χ1v) is 5.76. The van der Waals surface area contributed by atoms with E-state index in [0.717, 1.165) is 0 Å². The highest BCUT2D eigenvalue weighted by Gasteiger charge is 2.31. The van der Waals surface area contributed by atoms with E-state index in [1.54, 1.807) is 0 Å². The molecule has 8 heteroatoms. The Balaban J connectivity index is 2.74. The molecule has 0 spiro atoms. The van der Waals surface area contributed by atoms with Crippen molar-refractivity contribution in [3.05, 3.63) is 38.7 Å². The number of rotatable bonds is 3. The van der Waals surface area contributed by atoms with Crippen LogP contribution in [0.2, 0.25) is 0 Å². The topological polar surface area (TPSA) is 58.0 Å². The molecular weight excluding hydrogens is 327 g/mol. The molecule has 0 saturated carbocycles. The summed E-state index contributed by atoms with van der Waals surface area (Å²) < 4.78 is 40.1. The lowest BCUT2D eigenvalue weighted by molar-refractivity contribution is -0.274. The third-order valence-electron chi connectivity index (χ3n) is 1.80. The standard InChI is InChI=1S/C11H7BrF3N3O/c12-10-7-9(19-11(13,14)15)5-4-8(10)3-1-2-6-17-18-16/h4-5,7H,2,6H2. The van der Waals surface area contributed by atoms with E-state index >= 15 is 0 Å². The van der Waals surface area contributed by atoms with Crippen LogP contribution in [0.25, 0.3) is 10.4 Å². The maximum Gasteiger partial charge on any atom is 0.573 e. The van der Waals surface area contributed by atoms with Gasteiger partial charge in [-0.25, -0.2) is 0 Å². The van der Waals surface area contributed by atoms with Crippen molar-refractivity contribution < 1.29 is 17.9 Å². The molecule has 0 unspecified atom stereocenters. The van der Waals surface area contributed by atoms with Gasteiger partial charge in [0.2, 0.25) is 0 Å². The van der Waals surface area contributed by atoms with Crippen molar-refractivity contribution in [2.45, 2.75) is 12.8 Å². The van der Waals surface area contributed by atoms with E-state index in [4.69, 9.17) is 5.53 Å². The fourth-order valence-electron chi connectivity index (χ4n) is 1.10.